The molecule has 5 heteroatoms. The van der Waals surface area contributed by atoms with Crippen molar-refractivity contribution < 1.29 is 4.42 Å². The van der Waals surface area contributed by atoms with E-state index in [1.807, 2.05) is 0 Å². The highest BCUT2D eigenvalue weighted by Crippen LogP contribution is 2.51. The van der Waals surface area contributed by atoms with Crippen LogP contribution in [0.25, 0.3) is 105 Å². The summed E-state index contributed by atoms with van der Waals surface area (Å²) in [6.45, 7) is 27.9. The van der Waals surface area contributed by atoms with Crippen molar-refractivity contribution >= 4 is 101 Å². The second kappa shape index (κ2) is 22.9. The lowest BCUT2D eigenvalue weighted by molar-refractivity contribution is 0.590. The molecule has 0 radical (unpaired) electrons. The first-order valence-electron chi connectivity index (χ1n) is 35.2. The molecule has 0 fully saturated rings. The number of anilines is 6. The maximum absolute atomic E-state index is 7.27. The van der Waals surface area contributed by atoms with Crippen LogP contribution in [-0.2, 0) is 21.7 Å². The first-order valence-corrected chi connectivity index (χ1v) is 35.2. The van der Waals surface area contributed by atoms with E-state index in [9.17, 15) is 0 Å². The summed E-state index contributed by atoms with van der Waals surface area (Å²) in [6.07, 6.45) is 0. The van der Waals surface area contributed by atoms with Gasteiger partial charge in [-0.2, -0.15) is 0 Å². The molecule has 0 saturated carbocycles. The number of aromatic nitrogens is 1. The van der Waals surface area contributed by atoms with Crippen LogP contribution in [0.1, 0.15) is 105 Å². The molecule has 15 aromatic rings. The van der Waals surface area contributed by atoms with Crippen molar-refractivity contribution in [2.24, 2.45) is 0 Å². The lowest BCUT2D eigenvalue weighted by Crippen LogP contribution is -2.61. The second-order valence-corrected chi connectivity index (χ2v) is 31.8. The largest absolute Gasteiger partial charge is 0.454 e. The Labute approximate surface area is 583 Å². The minimum absolute atomic E-state index is 0.0642. The molecule has 2 aromatic heterocycles. The zero-order valence-corrected chi connectivity index (χ0v) is 58.9. The Morgan fingerprint density at radius 1 is 0.263 bits per heavy atom. The Morgan fingerprint density at radius 2 is 0.606 bits per heavy atom. The number of rotatable bonds is 8. The molecule has 2 aliphatic rings. The Kier molecular flexibility index (Phi) is 14.2. The molecule has 4 heterocycles. The highest BCUT2D eigenvalue weighted by molar-refractivity contribution is 7.00. The van der Waals surface area contributed by atoms with Gasteiger partial charge >= 0.3 is 0 Å². The Bertz CT molecular complexity index is 5310. The molecule has 0 saturated heterocycles. The summed E-state index contributed by atoms with van der Waals surface area (Å²) in [6, 6.07) is 106. The molecule has 0 bridgehead atoms. The normalized spacial score (nSPS) is 13.2. The smallest absolute Gasteiger partial charge is 0.252 e. The molecule has 482 valence electrons. The van der Waals surface area contributed by atoms with Crippen molar-refractivity contribution in [2.45, 2.75) is 105 Å². The number of hydrogen-bond donors (Lipinski definition) is 0. The predicted octanol–water partition coefficient (Wildman–Crippen LogP) is 24.3. The van der Waals surface area contributed by atoms with E-state index >= 15 is 0 Å². The van der Waals surface area contributed by atoms with Gasteiger partial charge in [-0.25, -0.2) is 0 Å². The van der Waals surface area contributed by atoms with Crippen LogP contribution in [0.5, 0.6) is 0 Å². The summed E-state index contributed by atoms with van der Waals surface area (Å²) in [5.74, 6) is 0. The third-order valence-corrected chi connectivity index (χ3v) is 21.1. The van der Waals surface area contributed by atoms with E-state index in [-0.39, 0.29) is 28.4 Å². The third kappa shape index (κ3) is 10.6. The summed E-state index contributed by atoms with van der Waals surface area (Å²) < 4.78 is 9.77. The molecule has 4 nitrogen and oxygen atoms in total. The van der Waals surface area contributed by atoms with E-state index < -0.39 is 0 Å². The lowest BCUT2D eigenvalue weighted by Gasteiger charge is -2.45. The van der Waals surface area contributed by atoms with Crippen molar-refractivity contribution in [1.29, 1.82) is 0 Å². The van der Waals surface area contributed by atoms with Crippen LogP contribution in [0.3, 0.4) is 0 Å². The maximum Gasteiger partial charge on any atom is 0.252 e. The maximum atomic E-state index is 7.27. The number of fused-ring (bicyclic) bond motifs is 10. The molecule has 0 amide bonds. The molecule has 17 rings (SSSR count). The van der Waals surface area contributed by atoms with Gasteiger partial charge in [-0.05, 0) is 219 Å². The topological polar surface area (TPSA) is 24.6 Å². The van der Waals surface area contributed by atoms with Crippen LogP contribution in [0.15, 0.2) is 283 Å². The summed E-state index contributed by atoms with van der Waals surface area (Å²) >= 11 is 0. The van der Waals surface area contributed by atoms with Gasteiger partial charge in [0.05, 0.1) is 16.7 Å². The van der Waals surface area contributed by atoms with Gasteiger partial charge in [0, 0.05) is 55.7 Å². The zero-order valence-electron chi connectivity index (χ0n) is 58.9. The lowest BCUT2D eigenvalue weighted by atomic mass is 9.33. The quantitative estimate of drug-likeness (QED) is 0.142. The molecule has 0 spiro atoms. The monoisotopic (exact) mass is 1280 g/mol. The van der Waals surface area contributed by atoms with Gasteiger partial charge in [0.25, 0.3) is 6.71 Å². The van der Waals surface area contributed by atoms with Gasteiger partial charge in [-0.1, -0.05) is 259 Å². The van der Waals surface area contributed by atoms with Crippen LogP contribution in [-0.4, -0.2) is 11.3 Å². The van der Waals surface area contributed by atoms with Crippen molar-refractivity contribution in [1.82, 2.24) is 4.57 Å². The highest BCUT2D eigenvalue weighted by Gasteiger charge is 2.45. The second-order valence-electron chi connectivity index (χ2n) is 31.8. The van der Waals surface area contributed by atoms with E-state index in [1.54, 1.807) is 0 Å². The van der Waals surface area contributed by atoms with E-state index in [0.29, 0.717) is 0 Å². The summed E-state index contributed by atoms with van der Waals surface area (Å²) in [7, 11) is 0. The van der Waals surface area contributed by atoms with Crippen molar-refractivity contribution in [3.63, 3.8) is 0 Å². The Balaban J connectivity index is 1.03. The van der Waals surface area contributed by atoms with Crippen LogP contribution >= 0.6 is 0 Å². The fourth-order valence-electron chi connectivity index (χ4n) is 15.7. The molecule has 0 N–H and O–H groups in total. The molecule has 99 heavy (non-hydrogen) atoms. The first kappa shape index (κ1) is 61.7. The number of para-hydroxylation sites is 1. The molecular formula is C94H82BN3O. The Morgan fingerprint density at radius 3 is 1.01 bits per heavy atom. The standard InChI is InChI=1S/C94H82BN3O/c1-91(2,3)69-39-43-81-76(55-69)77-56-70(92(4,5)6)40-44-82(77)98(81)87-54-67(51-78-75-35-25-26-36-88(75)99-90(78)87)68-52-85-89-86(53-68)97(74-49-65(61-31-21-15-22-32-61)46-66(50-74)62-33-23-16-24-34-62)84-58-72(94(10,11)12)38-42-80(84)95(89)79-41-37-71(93(7,8)9)57-83(79)96(85)73-47-63(59-27-17-13-18-28-59)45-64(48-73)60-29-19-14-20-30-60/h13-58H,1-12H3. The Hall–Kier alpha value is -10.9. The van der Waals surface area contributed by atoms with Crippen molar-refractivity contribution in [3.8, 4) is 61.3 Å². The fourth-order valence-corrected chi connectivity index (χ4v) is 15.7. The van der Waals surface area contributed by atoms with Gasteiger partial charge < -0.3 is 18.8 Å². The first-order chi connectivity index (χ1) is 47.6. The molecule has 0 unspecified atom stereocenters. The number of nitrogens with zero attached hydrogens (tertiary/aromatic N) is 3. The minimum Gasteiger partial charge on any atom is -0.454 e. The van der Waals surface area contributed by atoms with Crippen LogP contribution in [0, 0.1) is 0 Å². The van der Waals surface area contributed by atoms with Crippen molar-refractivity contribution in [3.05, 3.63) is 301 Å². The molecule has 13 aromatic carbocycles. The highest BCUT2D eigenvalue weighted by atomic mass is 16.3. The average Bonchev–Trinajstić information content (AvgIpc) is 1.10. The summed E-state index contributed by atoms with van der Waals surface area (Å²) in [4.78, 5) is 5.29. The van der Waals surface area contributed by atoms with Gasteiger partial charge in [-0.15, -0.1) is 0 Å². The molecular weight excluding hydrogens is 1200 g/mol. The minimum atomic E-state index is -0.160. The zero-order chi connectivity index (χ0) is 68.0. The predicted molar refractivity (Wildman–Crippen MR) is 424 cm³/mol. The SMILES string of the molecule is CC(C)(C)c1ccc2c(c1)N(c1cc(-c3ccccc3)cc(-c3ccccc3)c1)c1cc(-c3cc(-n4c5ccc(C(C)(C)C)cc5c5cc(C(C)(C)C)ccc54)c4oc5ccccc5c4c3)cc3c1B2c1ccc(C(C)(C)C)cc1N3c1cc(-c2ccccc2)cc(-c2ccccc2)c1. The molecule has 0 aliphatic carbocycles. The van der Waals surface area contributed by atoms with Crippen molar-refractivity contribution in [2.75, 3.05) is 9.80 Å². The fraction of sp³-hybridized carbons (Fsp3) is 0.170. The van der Waals surface area contributed by atoms with Gasteiger partial charge in [0.15, 0.2) is 5.58 Å². The van der Waals surface area contributed by atoms with E-state index in [2.05, 4.69) is 377 Å². The summed E-state index contributed by atoms with van der Waals surface area (Å²) in [5, 5.41) is 4.61. The molecule has 0 atom stereocenters. The summed E-state index contributed by atoms with van der Waals surface area (Å²) in [5.41, 5.74) is 31.7. The number of furan rings is 1. The van der Waals surface area contributed by atoms with E-state index in [1.165, 1.54) is 60.8 Å². The van der Waals surface area contributed by atoms with Crippen LogP contribution in [0.2, 0.25) is 0 Å². The van der Waals surface area contributed by atoms with E-state index in [0.717, 1.165) is 117 Å². The van der Waals surface area contributed by atoms with E-state index in [4.69, 9.17) is 4.42 Å². The average molecular weight is 1280 g/mol. The van der Waals surface area contributed by atoms with Crippen LogP contribution < -0.4 is 26.2 Å². The number of hydrogen-bond acceptors (Lipinski definition) is 3. The van der Waals surface area contributed by atoms with Gasteiger partial charge in [0.2, 0.25) is 0 Å². The molecule has 2 aliphatic heterocycles. The third-order valence-electron chi connectivity index (χ3n) is 21.1. The van der Waals surface area contributed by atoms with Crippen LogP contribution in [0.4, 0.5) is 34.1 Å². The van der Waals surface area contributed by atoms with Gasteiger partial charge in [0.1, 0.15) is 5.58 Å². The van der Waals surface area contributed by atoms with Gasteiger partial charge in [-0.3, -0.25) is 0 Å². The number of benzene rings is 13.